The van der Waals surface area contributed by atoms with E-state index in [1.54, 1.807) is 12.1 Å². The summed E-state index contributed by atoms with van der Waals surface area (Å²) in [4.78, 5) is 0.116. The molecule has 0 aliphatic carbocycles. The van der Waals surface area contributed by atoms with E-state index in [1.807, 2.05) is 37.3 Å². The van der Waals surface area contributed by atoms with Gasteiger partial charge in [-0.3, -0.25) is 4.18 Å². The SMILES string of the molecule is Cc1ccc(S(=O)(=O)OC[C@@H]2C[C@H](O)C[C@H](CCOCc3ccccc3)O2)cc1. The molecule has 0 spiro atoms. The highest BCUT2D eigenvalue weighted by molar-refractivity contribution is 7.86. The van der Waals surface area contributed by atoms with Crippen molar-refractivity contribution < 1.29 is 27.2 Å². The Bertz CT molecular complexity index is 851. The van der Waals surface area contributed by atoms with Gasteiger partial charge in [-0.05, 0) is 37.5 Å². The van der Waals surface area contributed by atoms with E-state index < -0.39 is 22.3 Å². The van der Waals surface area contributed by atoms with E-state index in [9.17, 15) is 13.5 Å². The third-order valence-electron chi connectivity index (χ3n) is 4.87. The molecule has 158 valence electrons. The monoisotopic (exact) mass is 420 g/mol. The fourth-order valence-corrected chi connectivity index (χ4v) is 4.23. The second-order valence-electron chi connectivity index (χ2n) is 7.38. The maximum Gasteiger partial charge on any atom is 0.297 e. The first-order valence-electron chi connectivity index (χ1n) is 9.83. The molecule has 0 unspecified atom stereocenters. The number of aliphatic hydroxyl groups is 1. The van der Waals surface area contributed by atoms with Crippen LogP contribution in [0.2, 0.25) is 0 Å². The van der Waals surface area contributed by atoms with Crippen LogP contribution in [0.5, 0.6) is 0 Å². The van der Waals surface area contributed by atoms with Crippen LogP contribution >= 0.6 is 0 Å². The largest absolute Gasteiger partial charge is 0.393 e. The number of benzene rings is 2. The van der Waals surface area contributed by atoms with Crippen LogP contribution in [-0.4, -0.2) is 45.0 Å². The van der Waals surface area contributed by atoms with Crippen LogP contribution in [0.1, 0.15) is 30.4 Å². The summed E-state index contributed by atoms with van der Waals surface area (Å²) in [6.07, 6.45) is 0.285. The molecule has 1 fully saturated rings. The van der Waals surface area contributed by atoms with Gasteiger partial charge in [0.05, 0.1) is 36.4 Å². The second-order valence-corrected chi connectivity index (χ2v) is 9.00. The van der Waals surface area contributed by atoms with E-state index in [1.165, 1.54) is 12.1 Å². The summed E-state index contributed by atoms with van der Waals surface area (Å²) in [7, 11) is -3.85. The van der Waals surface area contributed by atoms with E-state index in [-0.39, 0.29) is 17.6 Å². The van der Waals surface area contributed by atoms with E-state index in [4.69, 9.17) is 13.7 Å². The molecule has 0 aromatic heterocycles. The second kappa shape index (κ2) is 10.3. The Balaban J connectivity index is 1.44. The van der Waals surface area contributed by atoms with Gasteiger partial charge in [-0.15, -0.1) is 0 Å². The van der Waals surface area contributed by atoms with Crippen LogP contribution in [0, 0.1) is 6.92 Å². The van der Waals surface area contributed by atoms with Crippen molar-refractivity contribution >= 4 is 10.1 Å². The highest BCUT2D eigenvalue weighted by atomic mass is 32.2. The molecule has 7 heteroatoms. The minimum atomic E-state index is -3.85. The van der Waals surface area contributed by atoms with E-state index in [0.29, 0.717) is 32.5 Å². The van der Waals surface area contributed by atoms with Gasteiger partial charge >= 0.3 is 0 Å². The molecule has 1 N–H and O–H groups in total. The Labute approximate surface area is 172 Å². The zero-order valence-corrected chi connectivity index (χ0v) is 17.4. The molecule has 3 rings (SSSR count). The summed E-state index contributed by atoms with van der Waals surface area (Å²) in [5.74, 6) is 0. The summed E-state index contributed by atoms with van der Waals surface area (Å²) in [6, 6.07) is 16.4. The first kappa shape index (κ1) is 21.9. The van der Waals surface area contributed by atoms with Crippen molar-refractivity contribution in [1.29, 1.82) is 0 Å². The first-order chi connectivity index (χ1) is 13.9. The normalized spacial score (nSPS) is 22.5. The predicted octanol–water partition coefficient (Wildman–Crippen LogP) is 3.22. The summed E-state index contributed by atoms with van der Waals surface area (Å²) in [5, 5.41) is 10.1. The number of rotatable bonds is 9. The van der Waals surface area contributed by atoms with Crippen LogP contribution < -0.4 is 0 Å². The summed E-state index contributed by atoms with van der Waals surface area (Å²) < 4.78 is 41.5. The van der Waals surface area contributed by atoms with Gasteiger partial charge in [0.25, 0.3) is 10.1 Å². The van der Waals surface area contributed by atoms with Gasteiger partial charge < -0.3 is 14.6 Å². The van der Waals surface area contributed by atoms with Crippen molar-refractivity contribution in [3.05, 3.63) is 65.7 Å². The van der Waals surface area contributed by atoms with Gasteiger partial charge in [0.1, 0.15) is 0 Å². The Morgan fingerprint density at radius 1 is 1.03 bits per heavy atom. The molecule has 1 aliphatic rings. The van der Waals surface area contributed by atoms with Crippen LogP contribution in [0.3, 0.4) is 0 Å². The van der Waals surface area contributed by atoms with E-state index >= 15 is 0 Å². The highest BCUT2D eigenvalue weighted by Crippen LogP contribution is 2.24. The lowest BCUT2D eigenvalue weighted by molar-refractivity contribution is -0.115. The minimum Gasteiger partial charge on any atom is -0.393 e. The van der Waals surface area contributed by atoms with Crippen molar-refractivity contribution in [3.63, 3.8) is 0 Å². The molecule has 0 saturated carbocycles. The van der Waals surface area contributed by atoms with Gasteiger partial charge in [-0.1, -0.05) is 48.0 Å². The number of ether oxygens (including phenoxy) is 2. The fraction of sp³-hybridized carbons (Fsp3) is 0.455. The average molecular weight is 421 g/mol. The Hall–Kier alpha value is -1.77. The van der Waals surface area contributed by atoms with Crippen molar-refractivity contribution in [2.75, 3.05) is 13.2 Å². The lowest BCUT2D eigenvalue weighted by Gasteiger charge is -2.33. The zero-order valence-electron chi connectivity index (χ0n) is 16.6. The maximum absolute atomic E-state index is 12.3. The molecule has 1 saturated heterocycles. The van der Waals surface area contributed by atoms with Gasteiger partial charge in [-0.2, -0.15) is 8.42 Å². The molecule has 2 aromatic rings. The Morgan fingerprint density at radius 3 is 2.45 bits per heavy atom. The number of hydrogen-bond donors (Lipinski definition) is 1. The number of hydrogen-bond acceptors (Lipinski definition) is 6. The van der Waals surface area contributed by atoms with Gasteiger partial charge in [0.15, 0.2) is 0 Å². The molecule has 1 aliphatic heterocycles. The van der Waals surface area contributed by atoms with Crippen LogP contribution in [-0.2, 0) is 30.4 Å². The third kappa shape index (κ3) is 6.90. The summed E-state index contributed by atoms with van der Waals surface area (Å²) in [6.45, 7) is 2.80. The molecule has 0 amide bonds. The standard InChI is InChI=1S/C22H28O6S/c1-17-7-9-22(10-8-17)29(24,25)27-16-21-14-19(23)13-20(28-21)11-12-26-15-18-5-3-2-4-6-18/h2-10,19-21,23H,11-16H2,1H3/t19-,20+,21+/m1/s1. The maximum atomic E-state index is 12.3. The van der Waals surface area contributed by atoms with Crippen molar-refractivity contribution in [1.82, 2.24) is 0 Å². The van der Waals surface area contributed by atoms with Crippen LogP contribution in [0.15, 0.2) is 59.5 Å². The van der Waals surface area contributed by atoms with Crippen molar-refractivity contribution in [2.45, 2.75) is 56.0 Å². The molecule has 1 heterocycles. The van der Waals surface area contributed by atoms with Gasteiger partial charge in [0, 0.05) is 13.0 Å². The van der Waals surface area contributed by atoms with E-state index in [2.05, 4.69) is 0 Å². The van der Waals surface area contributed by atoms with Crippen LogP contribution in [0.4, 0.5) is 0 Å². The summed E-state index contributed by atoms with van der Waals surface area (Å²) in [5.41, 5.74) is 2.07. The quantitative estimate of drug-likeness (QED) is 0.496. The van der Waals surface area contributed by atoms with Gasteiger partial charge in [-0.25, -0.2) is 0 Å². The molecule has 0 radical (unpaired) electrons. The molecular formula is C22H28O6S. The molecule has 6 nitrogen and oxygen atoms in total. The number of aryl methyl sites for hydroxylation is 1. The average Bonchev–Trinajstić information content (AvgIpc) is 2.71. The molecule has 0 bridgehead atoms. The van der Waals surface area contributed by atoms with E-state index in [0.717, 1.165) is 11.1 Å². The molecular weight excluding hydrogens is 392 g/mol. The van der Waals surface area contributed by atoms with Crippen molar-refractivity contribution in [3.8, 4) is 0 Å². The molecule has 3 atom stereocenters. The zero-order chi connectivity index (χ0) is 20.7. The molecule has 29 heavy (non-hydrogen) atoms. The lowest BCUT2D eigenvalue weighted by Crippen LogP contribution is -2.39. The Morgan fingerprint density at radius 2 is 1.72 bits per heavy atom. The predicted molar refractivity (Wildman–Crippen MR) is 109 cm³/mol. The minimum absolute atomic E-state index is 0.116. The van der Waals surface area contributed by atoms with Crippen molar-refractivity contribution in [2.24, 2.45) is 0 Å². The first-order valence-corrected chi connectivity index (χ1v) is 11.2. The molecule has 2 aromatic carbocycles. The Kier molecular flexibility index (Phi) is 7.80. The lowest BCUT2D eigenvalue weighted by atomic mass is 9.99. The summed E-state index contributed by atoms with van der Waals surface area (Å²) >= 11 is 0. The fourth-order valence-electron chi connectivity index (χ4n) is 3.30. The topological polar surface area (TPSA) is 82.1 Å². The smallest absolute Gasteiger partial charge is 0.297 e. The highest BCUT2D eigenvalue weighted by Gasteiger charge is 2.30. The third-order valence-corrected chi connectivity index (χ3v) is 6.17. The number of aliphatic hydroxyl groups excluding tert-OH is 1. The van der Waals surface area contributed by atoms with Gasteiger partial charge in [0.2, 0.25) is 0 Å². The van der Waals surface area contributed by atoms with Crippen LogP contribution in [0.25, 0.3) is 0 Å².